The van der Waals surface area contributed by atoms with Gasteiger partial charge in [-0.15, -0.1) is 11.6 Å². The van der Waals surface area contributed by atoms with Crippen LogP contribution in [0.4, 0.5) is 4.39 Å². The molecule has 0 aliphatic heterocycles. The maximum absolute atomic E-state index is 13.8. The van der Waals surface area contributed by atoms with Gasteiger partial charge in [-0.3, -0.25) is 9.59 Å². The minimum atomic E-state index is -1.27. The van der Waals surface area contributed by atoms with E-state index < -0.39 is 35.2 Å². The Hall–Kier alpha value is -1.88. The number of hydrogen-bond donors (Lipinski definition) is 0. The van der Waals surface area contributed by atoms with Gasteiger partial charge in [-0.1, -0.05) is 30.4 Å². The summed E-state index contributed by atoms with van der Waals surface area (Å²) in [7, 11) is 0. The van der Waals surface area contributed by atoms with Crippen LogP contribution in [0.5, 0.6) is 0 Å². The van der Waals surface area contributed by atoms with Gasteiger partial charge in [0.15, 0.2) is 5.38 Å². The molecule has 0 saturated heterocycles. The van der Waals surface area contributed by atoms with Crippen LogP contribution in [0, 0.1) is 11.7 Å². The molecule has 1 aromatic carbocycles. The van der Waals surface area contributed by atoms with Crippen LogP contribution < -0.4 is 0 Å². The first-order valence-corrected chi connectivity index (χ1v) is 8.30. The molecule has 0 spiro atoms. The number of ether oxygens (including phenoxy) is 2. The summed E-state index contributed by atoms with van der Waals surface area (Å²) in [5, 5.41) is -1.27. The van der Waals surface area contributed by atoms with Gasteiger partial charge < -0.3 is 9.47 Å². The summed E-state index contributed by atoms with van der Waals surface area (Å²) in [5.74, 6) is -2.32. The summed E-state index contributed by atoms with van der Waals surface area (Å²) < 4.78 is 24.2. The summed E-state index contributed by atoms with van der Waals surface area (Å²) in [6, 6.07) is 5.75. The molecule has 1 aliphatic carbocycles. The Kier molecular flexibility index (Phi) is 6.37. The predicted octanol–water partition coefficient (Wildman–Crippen LogP) is 3.94. The van der Waals surface area contributed by atoms with Crippen LogP contribution in [0.15, 0.2) is 36.4 Å². The van der Waals surface area contributed by atoms with E-state index in [1.807, 2.05) is 0 Å². The second kappa shape index (κ2) is 8.29. The second-order valence-electron chi connectivity index (χ2n) is 5.71. The molecular formula is C18H20ClFO4. The fourth-order valence-electron chi connectivity index (χ4n) is 2.73. The summed E-state index contributed by atoms with van der Waals surface area (Å²) in [5.41, 5.74) is 0.942. The Morgan fingerprint density at radius 1 is 1.42 bits per heavy atom. The topological polar surface area (TPSA) is 52.6 Å². The number of benzene rings is 1. The van der Waals surface area contributed by atoms with Crippen molar-refractivity contribution in [3.8, 4) is 0 Å². The van der Waals surface area contributed by atoms with Gasteiger partial charge in [0.2, 0.25) is 0 Å². The number of esters is 2. The molecule has 24 heavy (non-hydrogen) atoms. The smallest absolute Gasteiger partial charge is 0.329 e. The normalized spacial score (nSPS) is 21.9. The molecule has 130 valence electrons. The van der Waals surface area contributed by atoms with Crippen molar-refractivity contribution in [1.29, 1.82) is 0 Å². The third kappa shape index (κ3) is 4.35. The molecule has 1 aromatic rings. The summed E-state index contributed by atoms with van der Waals surface area (Å²) >= 11 is 6.05. The van der Waals surface area contributed by atoms with E-state index >= 15 is 0 Å². The standard InChI is InChI=1S/C18H20ClFO4/c1-3-23-17(21)13-9-8-11(2)10-15(13)24-18(22)16(19)12-6-4-5-7-14(12)20/h4-7,13,15-16H,2-3,8-10H2,1H3. The Morgan fingerprint density at radius 2 is 2.12 bits per heavy atom. The molecular weight excluding hydrogens is 335 g/mol. The second-order valence-corrected chi connectivity index (χ2v) is 6.15. The number of alkyl halides is 1. The van der Waals surface area contributed by atoms with E-state index in [0.29, 0.717) is 19.3 Å². The lowest BCUT2D eigenvalue weighted by molar-refractivity contribution is -0.163. The molecule has 0 N–H and O–H groups in total. The van der Waals surface area contributed by atoms with Crippen LogP contribution in [0.2, 0.25) is 0 Å². The highest BCUT2D eigenvalue weighted by atomic mass is 35.5. The zero-order chi connectivity index (χ0) is 17.7. The van der Waals surface area contributed by atoms with Crippen molar-refractivity contribution >= 4 is 23.5 Å². The van der Waals surface area contributed by atoms with Crippen molar-refractivity contribution in [3.05, 3.63) is 47.8 Å². The van der Waals surface area contributed by atoms with Crippen LogP contribution in [0.25, 0.3) is 0 Å². The molecule has 0 aromatic heterocycles. The van der Waals surface area contributed by atoms with Crippen LogP contribution in [-0.4, -0.2) is 24.6 Å². The maximum Gasteiger partial charge on any atom is 0.329 e. The lowest BCUT2D eigenvalue weighted by Gasteiger charge is -2.31. The third-order valence-electron chi connectivity index (χ3n) is 3.99. The molecule has 1 fully saturated rings. The molecule has 3 atom stereocenters. The van der Waals surface area contributed by atoms with E-state index in [4.69, 9.17) is 21.1 Å². The van der Waals surface area contributed by atoms with Crippen molar-refractivity contribution in [3.63, 3.8) is 0 Å². The molecule has 3 unspecified atom stereocenters. The van der Waals surface area contributed by atoms with Crippen LogP contribution in [-0.2, 0) is 19.1 Å². The first-order valence-electron chi connectivity index (χ1n) is 7.86. The van der Waals surface area contributed by atoms with E-state index in [1.165, 1.54) is 18.2 Å². The highest BCUT2D eigenvalue weighted by Crippen LogP contribution is 2.33. The van der Waals surface area contributed by atoms with Crippen molar-refractivity contribution < 1.29 is 23.5 Å². The van der Waals surface area contributed by atoms with E-state index in [1.54, 1.807) is 13.0 Å². The number of hydrogen-bond acceptors (Lipinski definition) is 4. The highest BCUT2D eigenvalue weighted by Gasteiger charge is 2.37. The minimum Gasteiger partial charge on any atom is -0.466 e. The summed E-state index contributed by atoms with van der Waals surface area (Å²) in [4.78, 5) is 24.3. The number of halogens is 2. The quantitative estimate of drug-likeness (QED) is 0.456. The molecule has 0 heterocycles. The van der Waals surface area contributed by atoms with Crippen molar-refractivity contribution in [2.24, 2.45) is 5.92 Å². The van der Waals surface area contributed by atoms with Crippen molar-refractivity contribution in [2.45, 2.75) is 37.7 Å². The summed E-state index contributed by atoms with van der Waals surface area (Å²) in [6.45, 7) is 5.86. The average Bonchev–Trinajstić information content (AvgIpc) is 2.55. The fraction of sp³-hybridized carbons (Fsp3) is 0.444. The van der Waals surface area contributed by atoms with Gasteiger partial charge in [0.25, 0.3) is 0 Å². The number of carbonyl (C=O) groups excluding carboxylic acids is 2. The first-order chi connectivity index (χ1) is 11.4. The van der Waals surface area contributed by atoms with Gasteiger partial charge in [0.1, 0.15) is 11.9 Å². The van der Waals surface area contributed by atoms with Gasteiger partial charge in [-0.25, -0.2) is 4.39 Å². The fourth-order valence-corrected chi connectivity index (χ4v) is 2.96. The van der Waals surface area contributed by atoms with E-state index in [-0.39, 0.29) is 12.2 Å². The first kappa shape index (κ1) is 18.5. The number of rotatable bonds is 5. The minimum absolute atomic E-state index is 0.0477. The lowest BCUT2D eigenvalue weighted by atomic mass is 9.84. The zero-order valence-corrected chi connectivity index (χ0v) is 14.2. The van der Waals surface area contributed by atoms with Gasteiger partial charge in [0, 0.05) is 12.0 Å². The monoisotopic (exact) mass is 354 g/mol. The van der Waals surface area contributed by atoms with Crippen LogP contribution >= 0.6 is 11.6 Å². The maximum atomic E-state index is 13.8. The summed E-state index contributed by atoms with van der Waals surface area (Å²) in [6.07, 6.45) is 0.860. The molecule has 0 radical (unpaired) electrons. The molecule has 0 amide bonds. The van der Waals surface area contributed by atoms with E-state index in [2.05, 4.69) is 6.58 Å². The third-order valence-corrected chi connectivity index (χ3v) is 4.40. The Labute approximate surface area is 145 Å². The lowest BCUT2D eigenvalue weighted by Crippen LogP contribution is -2.37. The molecule has 2 rings (SSSR count). The molecule has 4 nitrogen and oxygen atoms in total. The molecule has 1 aliphatic rings. The van der Waals surface area contributed by atoms with Crippen molar-refractivity contribution in [1.82, 2.24) is 0 Å². The Balaban J connectivity index is 2.10. The van der Waals surface area contributed by atoms with Crippen molar-refractivity contribution in [2.75, 3.05) is 6.61 Å². The Bertz CT molecular complexity index is 631. The van der Waals surface area contributed by atoms with Crippen LogP contribution in [0.1, 0.15) is 37.1 Å². The van der Waals surface area contributed by atoms with E-state index in [0.717, 1.165) is 5.57 Å². The Morgan fingerprint density at radius 3 is 2.79 bits per heavy atom. The molecule has 1 saturated carbocycles. The SMILES string of the molecule is C=C1CCC(C(=O)OCC)C(OC(=O)C(Cl)c2ccccc2F)C1. The molecule has 6 heteroatoms. The van der Waals surface area contributed by atoms with Crippen LogP contribution in [0.3, 0.4) is 0 Å². The van der Waals surface area contributed by atoms with Gasteiger partial charge in [-0.05, 0) is 25.8 Å². The largest absolute Gasteiger partial charge is 0.466 e. The zero-order valence-electron chi connectivity index (χ0n) is 13.5. The van der Waals surface area contributed by atoms with Gasteiger partial charge in [0.05, 0.1) is 12.5 Å². The van der Waals surface area contributed by atoms with Gasteiger partial charge in [-0.2, -0.15) is 0 Å². The van der Waals surface area contributed by atoms with E-state index in [9.17, 15) is 14.0 Å². The highest BCUT2D eigenvalue weighted by molar-refractivity contribution is 6.30. The average molecular weight is 355 g/mol. The molecule has 0 bridgehead atoms. The number of carbonyl (C=O) groups is 2. The predicted molar refractivity (Wildman–Crippen MR) is 88.0 cm³/mol. The van der Waals surface area contributed by atoms with Gasteiger partial charge >= 0.3 is 11.9 Å².